The third kappa shape index (κ3) is 3.68. The second-order valence-electron chi connectivity index (χ2n) is 10.3. The number of hydrogen-bond acceptors (Lipinski definition) is 4. The Labute approximate surface area is 174 Å². The molecule has 0 spiro atoms. The average molecular weight is 401 g/mol. The molecule has 4 aliphatic rings. The zero-order chi connectivity index (χ0) is 20.9. The van der Waals surface area contributed by atoms with Crippen LogP contribution in [0.3, 0.4) is 0 Å². The maximum Gasteiger partial charge on any atom is 0.159 e. The fourth-order valence-electron chi connectivity index (χ4n) is 6.82. The lowest BCUT2D eigenvalue weighted by Gasteiger charge is -2.46. The van der Waals surface area contributed by atoms with Crippen molar-refractivity contribution in [2.45, 2.75) is 84.0 Å². The summed E-state index contributed by atoms with van der Waals surface area (Å²) in [4.78, 5) is 13.0. The number of carbonyl (C=O) groups excluding carboxylic acids is 1. The fraction of sp³-hybridized carbons (Fsp3) is 0.720. The molecule has 3 N–H and O–H groups in total. The molecule has 160 valence electrons. The number of ketones is 1. The Morgan fingerprint density at radius 3 is 2.76 bits per heavy atom. The first kappa shape index (κ1) is 21.0. The van der Waals surface area contributed by atoms with Gasteiger partial charge in [-0.3, -0.25) is 4.79 Å². The van der Waals surface area contributed by atoms with E-state index in [1.165, 1.54) is 16.7 Å². The first-order valence-corrected chi connectivity index (χ1v) is 11.4. The molecule has 4 heteroatoms. The van der Waals surface area contributed by atoms with Crippen LogP contribution in [-0.2, 0) is 4.79 Å². The third-order valence-corrected chi connectivity index (χ3v) is 8.44. The number of rotatable bonds is 3. The number of allylic oxidation sites excluding steroid dienone is 4. The van der Waals surface area contributed by atoms with Gasteiger partial charge in [0.25, 0.3) is 0 Å². The van der Waals surface area contributed by atoms with E-state index < -0.39 is 18.3 Å². The smallest absolute Gasteiger partial charge is 0.159 e. The quantitative estimate of drug-likeness (QED) is 0.631. The normalized spacial score (nSPS) is 42.1. The fourth-order valence-corrected chi connectivity index (χ4v) is 6.82. The van der Waals surface area contributed by atoms with Gasteiger partial charge in [-0.05, 0) is 82.1 Å². The van der Waals surface area contributed by atoms with Gasteiger partial charge >= 0.3 is 0 Å². The minimum absolute atomic E-state index is 0.0665. The largest absolute Gasteiger partial charge is 0.393 e. The van der Waals surface area contributed by atoms with Crippen molar-refractivity contribution in [2.24, 2.45) is 29.1 Å². The maximum atomic E-state index is 13.0. The number of carbonyl (C=O) groups is 1. The van der Waals surface area contributed by atoms with E-state index >= 15 is 0 Å². The Morgan fingerprint density at radius 2 is 2.03 bits per heavy atom. The van der Waals surface area contributed by atoms with Crippen LogP contribution in [0.5, 0.6) is 0 Å². The van der Waals surface area contributed by atoms with Crippen molar-refractivity contribution < 1.29 is 20.1 Å². The van der Waals surface area contributed by atoms with E-state index in [1.807, 2.05) is 12.2 Å². The highest BCUT2D eigenvalue weighted by Crippen LogP contribution is 2.62. The Balaban J connectivity index is 1.66. The van der Waals surface area contributed by atoms with E-state index in [0.29, 0.717) is 30.6 Å². The van der Waals surface area contributed by atoms with Gasteiger partial charge in [0, 0.05) is 11.8 Å². The summed E-state index contributed by atoms with van der Waals surface area (Å²) in [6.45, 7) is 6.07. The van der Waals surface area contributed by atoms with Gasteiger partial charge in [-0.1, -0.05) is 35.8 Å². The van der Waals surface area contributed by atoms with Crippen LogP contribution in [-0.4, -0.2) is 39.4 Å². The molecule has 0 radical (unpaired) electrons. The third-order valence-electron chi connectivity index (χ3n) is 8.44. The van der Waals surface area contributed by atoms with Crippen LogP contribution in [0.4, 0.5) is 0 Å². The Kier molecular flexibility index (Phi) is 5.65. The van der Waals surface area contributed by atoms with Gasteiger partial charge in [-0.2, -0.15) is 0 Å². The molecule has 0 aromatic heterocycles. The van der Waals surface area contributed by atoms with Gasteiger partial charge in [-0.25, -0.2) is 0 Å². The Morgan fingerprint density at radius 1 is 1.28 bits per heavy atom. The maximum absolute atomic E-state index is 13.0. The summed E-state index contributed by atoms with van der Waals surface area (Å²) < 4.78 is 0. The molecule has 0 aliphatic heterocycles. The summed E-state index contributed by atoms with van der Waals surface area (Å²) >= 11 is 0. The summed E-state index contributed by atoms with van der Waals surface area (Å²) in [6.07, 6.45) is 10.4. The van der Waals surface area contributed by atoms with Gasteiger partial charge in [0.1, 0.15) is 0 Å². The van der Waals surface area contributed by atoms with Gasteiger partial charge in [-0.15, -0.1) is 0 Å². The van der Waals surface area contributed by atoms with Gasteiger partial charge < -0.3 is 15.3 Å². The SMILES string of the molecule is C/C(=C\[C@@H](O)[C@H](C)O)[C@H]1CC[C@H]2C3=CC(=O)[C@@H]4CC(=CC[C@H](O)C4)[C@H]3CC[C@]12C. The van der Waals surface area contributed by atoms with Crippen molar-refractivity contribution in [3.63, 3.8) is 0 Å². The van der Waals surface area contributed by atoms with Crippen molar-refractivity contribution >= 4 is 5.78 Å². The molecule has 2 bridgehead atoms. The van der Waals surface area contributed by atoms with Crippen LogP contribution in [0.1, 0.15) is 65.7 Å². The van der Waals surface area contributed by atoms with Crippen LogP contribution in [0.25, 0.3) is 0 Å². The first-order valence-electron chi connectivity index (χ1n) is 11.4. The predicted octanol–water partition coefficient (Wildman–Crippen LogP) is 3.71. The van der Waals surface area contributed by atoms with Gasteiger partial charge in [0.2, 0.25) is 0 Å². The standard InChI is InChI=1S/C25H36O4/c1-14(10-23(28)15(2)26)21-6-7-22-20-13-24(29)17-11-16(4-5-18(27)12-17)19(20)8-9-25(21,22)3/h4,10,13,15,17-19,21-23,26-28H,5-9,11-12H2,1-3H3/b14-10+/t15-,17+,18-,19+,21+,22-,23+,25+/m0/s1. The summed E-state index contributed by atoms with van der Waals surface area (Å²) in [6, 6.07) is 0. The van der Waals surface area contributed by atoms with Crippen LogP contribution in [0.2, 0.25) is 0 Å². The summed E-state index contributed by atoms with van der Waals surface area (Å²) in [5.74, 6) is 1.27. The van der Waals surface area contributed by atoms with Crippen LogP contribution >= 0.6 is 0 Å². The predicted molar refractivity (Wildman–Crippen MR) is 113 cm³/mol. The minimum atomic E-state index is -0.827. The van der Waals surface area contributed by atoms with E-state index in [0.717, 1.165) is 32.1 Å². The molecule has 8 atom stereocenters. The van der Waals surface area contributed by atoms with Gasteiger partial charge in [0.15, 0.2) is 5.78 Å². The molecular weight excluding hydrogens is 364 g/mol. The summed E-state index contributed by atoms with van der Waals surface area (Å²) in [7, 11) is 0. The topological polar surface area (TPSA) is 77.8 Å². The molecule has 0 unspecified atom stereocenters. The second-order valence-corrected chi connectivity index (χ2v) is 10.3. The molecule has 0 saturated heterocycles. The van der Waals surface area contributed by atoms with E-state index in [2.05, 4.69) is 19.9 Å². The summed E-state index contributed by atoms with van der Waals surface area (Å²) in [5, 5.41) is 30.0. The number of hydrogen-bond donors (Lipinski definition) is 3. The molecule has 2 saturated carbocycles. The molecule has 4 nitrogen and oxygen atoms in total. The van der Waals surface area contributed by atoms with Crippen LogP contribution in [0.15, 0.2) is 34.9 Å². The average Bonchev–Trinajstić information content (AvgIpc) is 2.80. The van der Waals surface area contributed by atoms with Crippen molar-refractivity contribution in [1.29, 1.82) is 0 Å². The van der Waals surface area contributed by atoms with E-state index in [1.54, 1.807) is 6.92 Å². The monoisotopic (exact) mass is 400 g/mol. The highest BCUT2D eigenvalue weighted by Gasteiger charge is 2.53. The van der Waals surface area contributed by atoms with Gasteiger partial charge in [0.05, 0.1) is 18.3 Å². The van der Waals surface area contributed by atoms with Crippen LogP contribution < -0.4 is 0 Å². The molecule has 0 aromatic rings. The number of aliphatic hydroxyl groups is 3. The lowest BCUT2D eigenvalue weighted by molar-refractivity contribution is -0.119. The second kappa shape index (κ2) is 7.79. The van der Waals surface area contributed by atoms with Crippen molar-refractivity contribution in [2.75, 3.05) is 0 Å². The molecule has 4 aliphatic carbocycles. The minimum Gasteiger partial charge on any atom is -0.393 e. The molecule has 4 rings (SSSR count). The van der Waals surface area contributed by atoms with Crippen LogP contribution in [0, 0.1) is 29.1 Å². The molecule has 29 heavy (non-hydrogen) atoms. The van der Waals surface area contributed by atoms with E-state index in [9.17, 15) is 20.1 Å². The lowest BCUT2D eigenvalue weighted by Crippen LogP contribution is -2.37. The molecular formula is C25H36O4. The van der Waals surface area contributed by atoms with E-state index in [4.69, 9.17) is 0 Å². The summed E-state index contributed by atoms with van der Waals surface area (Å²) in [5.41, 5.74) is 3.97. The molecule has 2 fully saturated rings. The first-order chi connectivity index (χ1) is 13.7. The zero-order valence-electron chi connectivity index (χ0n) is 18.0. The Hall–Kier alpha value is -1.23. The highest BCUT2D eigenvalue weighted by atomic mass is 16.3. The van der Waals surface area contributed by atoms with E-state index in [-0.39, 0.29) is 17.1 Å². The molecule has 0 amide bonds. The highest BCUT2D eigenvalue weighted by molar-refractivity contribution is 5.93. The van der Waals surface area contributed by atoms with Crippen molar-refractivity contribution in [1.82, 2.24) is 0 Å². The molecule has 0 aromatic carbocycles. The number of aliphatic hydroxyl groups excluding tert-OH is 3. The lowest BCUT2D eigenvalue weighted by atomic mass is 9.58. The van der Waals surface area contributed by atoms with Crippen molar-refractivity contribution in [3.8, 4) is 0 Å². The number of fused-ring (bicyclic) bond motifs is 6. The zero-order valence-corrected chi connectivity index (χ0v) is 18.0. The Bertz CT molecular complexity index is 761. The molecule has 0 heterocycles. The van der Waals surface area contributed by atoms with Crippen molar-refractivity contribution in [3.05, 3.63) is 34.9 Å².